The number of hydrogen-bond donors (Lipinski definition) is 0. The van der Waals surface area contributed by atoms with Gasteiger partial charge in [-0.1, -0.05) is 36.7 Å². The van der Waals surface area contributed by atoms with Gasteiger partial charge in [-0.25, -0.2) is 0 Å². The second-order valence-corrected chi connectivity index (χ2v) is 13.1. The van der Waals surface area contributed by atoms with Crippen LogP contribution in [0.25, 0.3) is 0 Å². The van der Waals surface area contributed by atoms with E-state index in [1.165, 1.54) is 64.9 Å². The normalized spacial score (nSPS) is 44.3. The Bertz CT molecular complexity index is 653. The molecule has 4 heteroatoms. The lowest BCUT2D eigenvalue weighted by atomic mass is 9.44. The van der Waals surface area contributed by atoms with E-state index in [9.17, 15) is 4.79 Å². The maximum Gasteiger partial charge on any atom is 0.305 e. The molecule has 4 fully saturated rings. The van der Waals surface area contributed by atoms with Crippen molar-refractivity contribution in [3.05, 3.63) is 0 Å². The summed E-state index contributed by atoms with van der Waals surface area (Å²) in [5.74, 6) is 4.98. The Hall–Kier alpha value is -0.0900. The zero-order valence-electron chi connectivity index (χ0n) is 21.0. The van der Waals surface area contributed by atoms with Gasteiger partial charge in [0.05, 0.1) is 13.2 Å². The maximum absolute atomic E-state index is 11.7. The summed E-state index contributed by atoms with van der Waals surface area (Å²) in [6.07, 6.45) is 15.6. The number of methoxy groups -OCH3 is 1. The van der Waals surface area contributed by atoms with Crippen LogP contribution in [0.15, 0.2) is 0 Å². The highest BCUT2D eigenvalue weighted by Crippen LogP contribution is 2.68. The van der Waals surface area contributed by atoms with Gasteiger partial charge in [0.15, 0.2) is 0 Å². The molecule has 4 rings (SSSR count). The minimum Gasteiger partial charge on any atom is -0.469 e. The van der Waals surface area contributed by atoms with Crippen LogP contribution in [0.3, 0.4) is 0 Å². The third kappa shape index (κ3) is 4.58. The standard InChI is InChI=1S/C28H47BrO3/c1-19(6-11-26(30)31-4)23-9-10-24-22-8-7-20-18-21(32-17-5-16-29)12-14-27(20,2)25(22)13-15-28(23,24)3/h19-25H,5-18H2,1-4H3/t19-,20?,21-,22+,23-,24+,25+,27+,28-/m1/s1. The lowest BCUT2D eigenvalue weighted by Crippen LogP contribution is -2.54. The highest BCUT2D eigenvalue weighted by atomic mass is 79.9. The molecule has 0 aromatic rings. The molecule has 184 valence electrons. The van der Waals surface area contributed by atoms with Crippen molar-refractivity contribution in [2.45, 2.75) is 104 Å². The first-order valence-electron chi connectivity index (χ1n) is 13.6. The van der Waals surface area contributed by atoms with Crippen LogP contribution < -0.4 is 0 Å². The van der Waals surface area contributed by atoms with Gasteiger partial charge in [-0.3, -0.25) is 4.79 Å². The molecule has 0 radical (unpaired) electrons. The quantitative estimate of drug-likeness (QED) is 0.193. The van der Waals surface area contributed by atoms with Gasteiger partial charge < -0.3 is 9.47 Å². The van der Waals surface area contributed by atoms with E-state index < -0.39 is 0 Å². The Morgan fingerprint density at radius 3 is 2.53 bits per heavy atom. The number of alkyl halides is 1. The van der Waals surface area contributed by atoms with Gasteiger partial charge in [0.25, 0.3) is 0 Å². The van der Waals surface area contributed by atoms with Gasteiger partial charge in [0.2, 0.25) is 0 Å². The van der Waals surface area contributed by atoms with E-state index in [0.717, 1.165) is 54.4 Å². The van der Waals surface area contributed by atoms with Crippen LogP contribution in [0.5, 0.6) is 0 Å². The topological polar surface area (TPSA) is 35.5 Å². The van der Waals surface area contributed by atoms with Crippen molar-refractivity contribution in [3.8, 4) is 0 Å². The first-order valence-corrected chi connectivity index (χ1v) is 14.7. The molecule has 0 aromatic carbocycles. The van der Waals surface area contributed by atoms with E-state index in [0.29, 0.717) is 29.3 Å². The van der Waals surface area contributed by atoms with E-state index >= 15 is 0 Å². The summed E-state index contributed by atoms with van der Waals surface area (Å²) in [7, 11) is 1.51. The van der Waals surface area contributed by atoms with Crippen LogP contribution in [0, 0.1) is 46.3 Å². The number of fused-ring (bicyclic) bond motifs is 5. The number of rotatable bonds is 8. The Balaban J connectivity index is 1.41. The van der Waals surface area contributed by atoms with Crippen LogP contribution in [-0.2, 0) is 14.3 Å². The van der Waals surface area contributed by atoms with Gasteiger partial charge in [-0.15, -0.1) is 0 Å². The summed E-state index contributed by atoms with van der Waals surface area (Å²) in [4.78, 5) is 11.7. The fraction of sp³-hybridized carbons (Fsp3) is 0.964. The van der Waals surface area contributed by atoms with E-state index in [1.54, 1.807) is 0 Å². The van der Waals surface area contributed by atoms with Crippen molar-refractivity contribution >= 4 is 21.9 Å². The van der Waals surface area contributed by atoms with E-state index in [1.807, 2.05) is 0 Å². The molecule has 0 bridgehead atoms. The molecule has 4 saturated carbocycles. The number of carbonyl (C=O) groups excluding carboxylic acids is 1. The predicted octanol–water partition coefficient (Wildman–Crippen LogP) is 7.40. The SMILES string of the molecule is COC(=O)CC[C@@H](C)[C@H]1CC[C@H]2[C@@H]3CCC4C[C@H](OCCCBr)CC[C@]4(C)[C@H]3CC[C@]12C. The number of halogens is 1. The van der Waals surface area contributed by atoms with E-state index in [4.69, 9.17) is 9.47 Å². The lowest BCUT2D eigenvalue weighted by Gasteiger charge is -2.61. The van der Waals surface area contributed by atoms with Crippen LogP contribution in [0.2, 0.25) is 0 Å². The monoisotopic (exact) mass is 510 g/mol. The summed E-state index contributed by atoms with van der Waals surface area (Å²) >= 11 is 3.53. The number of esters is 1. The molecule has 3 nitrogen and oxygen atoms in total. The predicted molar refractivity (Wildman–Crippen MR) is 134 cm³/mol. The van der Waals surface area contributed by atoms with Gasteiger partial charge >= 0.3 is 5.97 Å². The van der Waals surface area contributed by atoms with Crippen molar-refractivity contribution in [2.24, 2.45) is 46.3 Å². The molecule has 0 N–H and O–H groups in total. The molecule has 32 heavy (non-hydrogen) atoms. The smallest absolute Gasteiger partial charge is 0.305 e. The van der Waals surface area contributed by atoms with Gasteiger partial charge in [-0.2, -0.15) is 0 Å². The zero-order valence-corrected chi connectivity index (χ0v) is 22.6. The summed E-state index contributed by atoms with van der Waals surface area (Å²) in [6, 6.07) is 0. The van der Waals surface area contributed by atoms with Crippen molar-refractivity contribution in [1.82, 2.24) is 0 Å². The van der Waals surface area contributed by atoms with Crippen LogP contribution >= 0.6 is 15.9 Å². The Morgan fingerprint density at radius 2 is 1.78 bits per heavy atom. The minimum absolute atomic E-state index is 0.0433. The van der Waals surface area contributed by atoms with Crippen molar-refractivity contribution in [2.75, 3.05) is 19.0 Å². The summed E-state index contributed by atoms with van der Waals surface area (Å²) in [6.45, 7) is 8.62. The summed E-state index contributed by atoms with van der Waals surface area (Å²) in [5.41, 5.74) is 1.02. The van der Waals surface area contributed by atoms with Crippen molar-refractivity contribution in [1.29, 1.82) is 0 Å². The molecule has 0 aromatic heterocycles. The molecule has 0 spiro atoms. The molecule has 0 heterocycles. The maximum atomic E-state index is 11.7. The van der Waals surface area contributed by atoms with Crippen molar-refractivity contribution < 1.29 is 14.3 Å². The molecule has 4 aliphatic carbocycles. The number of ether oxygens (including phenoxy) is 2. The minimum atomic E-state index is -0.0433. The summed E-state index contributed by atoms with van der Waals surface area (Å²) < 4.78 is 11.2. The molecule has 4 aliphatic rings. The number of hydrogen-bond acceptors (Lipinski definition) is 3. The largest absolute Gasteiger partial charge is 0.469 e. The molecule has 0 aliphatic heterocycles. The average molecular weight is 512 g/mol. The third-order valence-corrected chi connectivity index (χ3v) is 11.6. The fourth-order valence-electron chi connectivity index (χ4n) is 9.30. The molecule has 1 unspecified atom stereocenters. The number of carbonyl (C=O) groups is 1. The summed E-state index contributed by atoms with van der Waals surface area (Å²) in [5, 5.41) is 1.05. The molecule has 0 amide bonds. The average Bonchev–Trinajstić information content (AvgIpc) is 3.14. The highest BCUT2D eigenvalue weighted by Gasteiger charge is 2.60. The van der Waals surface area contributed by atoms with Gasteiger partial charge in [0.1, 0.15) is 0 Å². The Morgan fingerprint density at radius 1 is 1.03 bits per heavy atom. The van der Waals surface area contributed by atoms with Gasteiger partial charge in [0, 0.05) is 18.4 Å². The van der Waals surface area contributed by atoms with Crippen LogP contribution in [-0.4, -0.2) is 31.1 Å². The molecular formula is C28H47BrO3. The second-order valence-electron chi connectivity index (χ2n) is 12.3. The third-order valence-electron chi connectivity index (χ3n) is 11.0. The lowest BCUT2D eigenvalue weighted by molar-refractivity contribution is -0.142. The van der Waals surface area contributed by atoms with E-state index in [2.05, 4.69) is 36.7 Å². The fourth-order valence-corrected chi connectivity index (χ4v) is 9.53. The first-order chi connectivity index (χ1) is 15.3. The Labute approximate surface area is 205 Å². The van der Waals surface area contributed by atoms with Gasteiger partial charge in [-0.05, 0) is 117 Å². The highest BCUT2D eigenvalue weighted by molar-refractivity contribution is 9.09. The molecular weight excluding hydrogens is 464 g/mol. The zero-order chi connectivity index (χ0) is 22.9. The second kappa shape index (κ2) is 10.3. The van der Waals surface area contributed by atoms with Crippen molar-refractivity contribution in [3.63, 3.8) is 0 Å². The molecule has 9 atom stereocenters. The Kier molecular flexibility index (Phi) is 8.02. The van der Waals surface area contributed by atoms with E-state index in [-0.39, 0.29) is 5.97 Å². The first kappa shape index (κ1) is 25.0. The molecule has 0 saturated heterocycles. The van der Waals surface area contributed by atoms with Crippen LogP contribution in [0.1, 0.15) is 97.8 Å². The van der Waals surface area contributed by atoms with Crippen LogP contribution in [0.4, 0.5) is 0 Å².